The van der Waals surface area contributed by atoms with Gasteiger partial charge in [-0.2, -0.15) is 0 Å². The Hall–Kier alpha value is -2.39. The van der Waals surface area contributed by atoms with Crippen molar-refractivity contribution in [2.45, 2.75) is 64.9 Å². The molecule has 0 aromatic carbocycles. The van der Waals surface area contributed by atoms with Gasteiger partial charge in [-0.1, -0.05) is 106 Å². The maximum atomic E-state index is 11.8. The summed E-state index contributed by atoms with van der Waals surface area (Å²) in [4.78, 5) is 11.8. The molecule has 0 bridgehead atoms. The Morgan fingerprint density at radius 1 is 0.793 bits per heavy atom. The SMILES string of the molecule is CCC=CC=CC=CC=CCCC=CC=CC=CC(=O)NCC(O)(CC)CCC. The first kappa shape index (κ1) is 26.6. The topological polar surface area (TPSA) is 49.3 Å². The molecule has 2 N–H and O–H groups in total. The van der Waals surface area contributed by atoms with Crippen molar-refractivity contribution in [1.29, 1.82) is 0 Å². The van der Waals surface area contributed by atoms with Gasteiger partial charge in [-0.15, -0.1) is 0 Å². The highest BCUT2D eigenvalue weighted by Gasteiger charge is 2.23. The van der Waals surface area contributed by atoms with Crippen LogP contribution in [-0.4, -0.2) is 23.2 Å². The highest BCUT2D eigenvalue weighted by atomic mass is 16.3. The zero-order chi connectivity index (χ0) is 21.6. The number of carbonyl (C=O) groups is 1. The smallest absolute Gasteiger partial charge is 0.244 e. The van der Waals surface area contributed by atoms with Crippen molar-refractivity contribution in [3.05, 3.63) is 85.1 Å². The van der Waals surface area contributed by atoms with Crippen LogP contribution in [0.4, 0.5) is 0 Å². The molecule has 0 heterocycles. The van der Waals surface area contributed by atoms with Gasteiger partial charge in [-0.05, 0) is 32.1 Å². The Kier molecular flexibility index (Phi) is 17.4. The van der Waals surface area contributed by atoms with Crippen molar-refractivity contribution in [2.75, 3.05) is 6.54 Å². The number of hydrogen-bond donors (Lipinski definition) is 2. The number of unbranched alkanes of at least 4 members (excludes halogenated alkanes) is 1. The van der Waals surface area contributed by atoms with Gasteiger partial charge in [0.05, 0.1) is 5.60 Å². The third-order valence-electron chi connectivity index (χ3n) is 4.25. The Morgan fingerprint density at radius 3 is 1.83 bits per heavy atom. The molecule has 0 fully saturated rings. The molecule has 0 aliphatic carbocycles. The fourth-order valence-electron chi connectivity index (χ4n) is 2.45. The first-order valence-corrected chi connectivity index (χ1v) is 10.7. The van der Waals surface area contributed by atoms with Crippen LogP contribution in [0.5, 0.6) is 0 Å². The van der Waals surface area contributed by atoms with Gasteiger partial charge in [0.1, 0.15) is 0 Å². The Balaban J connectivity index is 3.95. The Morgan fingerprint density at radius 2 is 1.31 bits per heavy atom. The zero-order valence-electron chi connectivity index (χ0n) is 18.4. The minimum absolute atomic E-state index is 0.184. The number of amides is 1. The van der Waals surface area contributed by atoms with E-state index in [1.54, 1.807) is 6.08 Å². The molecule has 160 valence electrons. The van der Waals surface area contributed by atoms with E-state index < -0.39 is 5.60 Å². The predicted octanol–water partition coefficient (Wildman–Crippen LogP) is 6.13. The molecule has 0 aliphatic heterocycles. The van der Waals surface area contributed by atoms with E-state index in [0.29, 0.717) is 19.4 Å². The molecule has 0 aromatic heterocycles. The van der Waals surface area contributed by atoms with Crippen molar-refractivity contribution in [1.82, 2.24) is 5.32 Å². The second-order valence-electron chi connectivity index (χ2n) is 6.83. The van der Waals surface area contributed by atoms with E-state index in [-0.39, 0.29) is 5.91 Å². The van der Waals surface area contributed by atoms with E-state index in [1.807, 2.05) is 62.5 Å². The molecule has 29 heavy (non-hydrogen) atoms. The van der Waals surface area contributed by atoms with Crippen molar-refractivity contribution >= 4 is 5.91 Å². The average molecular weight is 398 g/mol. The lowest BCUT2D eigenvalue weighted by Crippen LogP contribution is -2.41. The van der Waals surface area contributed by atoms with Crippen LogP contribution in [0, 0.1) is 0 Å². The molecular weight excluding hydrogens is 358 g/mol. The van der Waals surface area contributed by atoms with Gasteiger partial charge in [0.2, 0.25) is 5.91 Å². The monoisotopic (exact) mass is 397 g/mol. The maximum Gasteiger partial charge on any atom is 0.244 e. The highest BCUT2D eigenvalue weighted by Crippen LogP contribution is 2.15. The summed E-state index contributed by atoms with van der Waals surface area (Å²) in [7, 11) is 0. The van der Waals surface area contributed by atoms with E-state index in [2.05, 4.69) is 36.5 Å². The molecule has 3 nitrogen and oxygen atoms in total. The first-order chi connectivity index (χ1) is 14.1. The summed E-state index contributed by atoms with van der Waals surface area (Å²) in [5.41, 5.74) is -0.802. The molecule has 1 amide bonds. The molecule has 0 rings (SSSR count). The number of carbonyl (C=O) groups excluding carboxylic acids is 1. The summed E-state index contributed by atoms with van der Waals surface area (Å²) in [6.45, 7) is 6.37. The first-order valence-electron chi connectivity index (χ1n) is 10.7. The van der Waals surface area contributed by atoms with E-state index in [4.69, 9.17) is 0 Å². The molecule has 0 aliphatic rings. The average Bonchev–Trinajstić information content (AvgIpc) is 2.72. The predicted molar refractivity (Wildman–Crippen MR) is 127 cm³/mol. The molecule has 1 unspecified atom stereocenters. The third kappa shape index (κ3) is 17.4. The summed E-state index contributed by atoms with van der Waals surface area (Å²) in [5, 5.41) is 13.1. The summed E-state index contributed by atoms with van der Waals surface area (Å²) in [6, 6.07) is 0. The number of aliphatic hydroxyl groups is 1. The number of nitrogens with one attached hydrogen (secondary N) is 1. The summed E-state index contributed by atoms with van der Waals surface area (Å²) < 4.78 is 0. The maximum absolute atomic E-state index is 11.8. The molecular formula is C26H39NO2. The van der Waals surface area contributed by atoms with Gasteiger partial charge >= 0.3 is 0 Å². The summed E-state index contributed by atoms with van der Waals surface area (Å²) in [6.07, 6.45) is 32.7. The second kappa shape index (κ2) is 18.9. The highest BCUT2D eigenvalue weighted by molar-refractivity contribution is 5.87. The van der Waals surface area contributed by atoms with Crippen LogP contribution < -0.4 is 5.32 Å². The molecule has 3 heteroatoms. The van der Waals surface area contributed by atoms with E-state index in [1.165, 1.54) is 6.08 Å². The van der Waals surface area contributed by atoms with Crippen LogP contribution in [0.2, 0.25) is 0 Å². The van der Waals surface area contributed by atoms with Crippen LogP contribution in [0.1, 0.15) is 59.3 Å². The Labute approximate surface area is 178 Å². The molecule has 1 atom stereocenters. The summed E-state index contributed by atoms with van der Waals surface area (Å²) in [5.74, 6) is -0.184. The molecule has 0 saturated carbocycles. The van der Waals surface area contributed by atoms with Crippen LogP contribution in [0.25, 0.3) is 0 Å². The van der Waals surface area contributed by atoms with Crippen molar-refractivity contribution in [3.8, 4) is 0 Å². The fraction of sp³-hybridized carbons (Fsp3) is 0.423. The van der Waals surface area contributed by atoms with Crippen molar-refractivity contribution < 1.29 is 9.90 Å². The fourth-order valence-corrected chi connectivity index (χ4v) is 2.45. The zero-order valence-corrected chi connectivity index (χ0v) is 18.4. The largest absolute Gasteiger partial charge is 0.388 e. The van der Waals surface area contributed by atoms with Crippen LogP contribution in [-0.2, 0) is 4.79 Å². The standard InChI is InChI=1S/C26H39NO2/c1-4-7-8-9-10-11-12-13-14-15-16-17-18-19-20-21-22-25(28)27-24-26(29,6-3)23-5-2/h7-14,17-22,29H,4-6,15-16,23-24H2,1-3H3,(H,27,28). The van der Waals surface area contributed by atoms with Gasteiger partial charge in [-0.25, -0.2) is 0 Å². The van der Waals surface area contributed by atoms with Crippen LogP contribution in [0.3, 0.4) is 0 Å². The lowest BCUT2D eigenvalue weighted by atomic mass is 9.95. The molecule has 0 aromatic rings. The molecule has 0 spiro atoms. The lowest BCUT2D eigenvalue weighted by molar-refractivity contribution is -0.117. The molecule has 0 radical (unpaired) electrons. The van der Waals surface area contributed by atoms with Crippen molar-refractivity contribution in [2.24, 2.45) is 0 Å². The van der Waals surface area contributed by atoms with Crippen molar-refractivity contribution in [3.63, 3.8) is 0 Å². The quantitative estimate of drug-likeness (QED) is 0.198. The van der Waals surface area contributed by atoms with Gasteiger partial charge in [0.25, 0.3) is 0 Å². The minimum atomic E-state index is -0.802. The normalized spacial score (nSPS) is 15.3. The minimum Gasteiger partial charge on any atom is -0.388 e. The van der Waals surface area contributed by atoms with Crippen LogP contribution in [0.15, 0.2) is 85.1 Å². The third-order valence-corrected chi connectivity index (χ3v) is 4.25. The van der Waals surface area contributed by atoms with E-state index >= 15 is 0 Å². The second-order valence-corrected chi connectivity index (χ2v) is 6.83. The number of allylic oxidation sites excluding steroid dienone is 13. The van der Waals surface area contributed by atoms with Gasteiger partial charge in [0, 0.05) is 12.6 Å². The number of rotatable bonds is 15. The lowest BCUT2D eigenvalue weighted by Gasteiger charge is -2.26. The Bertz CT molecular complexity index is 621. The van der Waals surface area contributed by atoms with Gasteiger partial charge < -0.3 is 10.4 Å². The summed E-state index contributed by atoms with van der Waals surface area (Å²) >= 11 is 0. The number of hydrogen-bond acceptors (Lipinski definition) is 2. The molecule has 0 saturated heterocycles. The van der Waals surface area contributed by atoms with Gasteiger partial charge in [0.15, 0.2) is 0 Å². The van der Waals surface area contributed by atoms with Gasteiger partial charge in [-0.3, -0.25) is 4.79 Å². The van der Waals surface area contributed by atoms with E-state index in [9.17, 15) is 9.90 Å². The van der Waals surface area contributed by atoms with E-state index in [0.717, 1.165) is 25.7 Å². The van der Waals surface area contributed by atoms with Crippen LogP contribution >= 0.6 is 0 Å².